The first-order valence-electron chi connectivity index (χ1n) is 7.41. The van der Waals surface area contributed by atoms with Gasteiger partial charge in [-0.05, 0) is 59.3 Å². The van der Waals surface area contributed by atoms with Crippen molar-refractivity contribution >= 4 is 54.8 Å². The highest BCUT2D eigenvalue weighted by molar-refractivity contribution is 9.11. The summed E-state index contributed by atoms with van der Waals surface area (Å²) in [7, 11) is 0. The number of nitrogens with zero attached hydrogens (tertiary/aromatic N) is 1. The van der Waals surface area contributed by atoms with Crippen LogP contribution in [0.1, 0.15) is 21.1 Å². The van der Waals surface area contributed by atoms with Crippen LogP contribution in [0.3, 0.4) is 0 Å². The number of aryl methyl sites for hydroxylation is 1. The first-order valence-corrected chi connectivity index (χ1v) is 9.88. The van der Waals surface area contributed by atoms with Gasteiger partial charge in [-0.15, -0.1) is 11.3 Å². The van der Waals surface area contributed by atoms with E-state index < -0.39 is 0 Å². The number of ether oxygens (including phenoxy) is 1. The second-order valence-electron chi connectivity index (χ2n) is 5.25. The van der Waals surface area contributed by atoms with E-state index in [9.17, 15) is 4.79 Å². The molecule has 0 radical (unpaired) electrons. The quantitative estimate of drug-likeness (QED) is 0.500. The summed E-state index contributed by atoms with van der Waals surface area (Å²) in [6.45, 7) is 2.34. The minimum absolute atomic E-state index is 0.200. The van der Waals surface area contributed by atoms with Crippen LogP contribution in [-0.2, 0) is 6.61 Å². The van der Waals surface area contributed by atoms with Gasteiger partial charge in [-0.1, -0.05) is 22.0 Å². The molecule has 3 aromatic rings. The minimum atomic E-state index is -0.200. The number of aromatic nitrogens is 1. The third-order valence-corrected chi connectivity index (χ3v) is 5.33. The summed E-state index contributed by atoms with van der Waals surface area (Å²) < 4.78 is 7.44. The van der Waals surface area contributed by atoms with Crippen LogP contribution in [0.15, 0.2) is 56.8 Å². The summed E-state index contributed by atoms with van der Waals surface area (Å²) in [5.74, 6) is 0.431. The molecule has 7 heteroatoms. The number of anilines is 1. The van der Waals surface area contributed by atoms with Crippen molar-refractivity contribution in [2.24, 2.45) is 0 Å². The molecule has 0 spiro atoms. The zero-order valence-corrected chi connectivity index (χ0v) is 17.2. The van der Waals surface area contributed by atoms with Crippen molar-refractivity contribution in [1.29, 1.82) is 0 Å². The number of hydrogen-bond acceptors (Lipinski definition) is 4. The van der Waals surface area contributed by atoms with Crippen molar-refractivity contribution in [3.8, 4) is 5.75 Å². The highest BCUT2D eigenvalue weighted by atomic mass is 79.9. The van der Waals surface area contributed by atoms with Crippen molar-refractivity contribution < 1.29 is 9.53 Å². The summed E-state index contributed by atoms with van der Waals surface area (Å²) in [5, 5.41) is 5.86. The van der Waals surface area contributed by atoms with E-state index in [2.05, 4.69) is 42.2 Å². The fourth-order valence-electron chi connectivity index (χ4n) is 2.15. The van der Waals surface area contributed by atoms with Gasteiger partial charge in [0.2, 0.25) is 0 Å². The van der Waals surface area contributed by atoms with Gasteiger partial charge < -0.3 is 10.1 Å². The maximum absolute atomic E-state index is 12.5. The van der Waals surface area contributed by atoms with Gasteiger partial charge in [-0.25, -0.2) is 4.98 Å². The Labute approximate surface area is 166 Å². The molecule has 0 atom stereocenters. The molecule has 25 heavy (non-hydrogen) atoms. The van der Waals surface area contributed by atoms with Gasteiger partial charge in [0.25, 0.3) is 5.91 Å². The lowest BCUT2D eigenvalue weighted by atomic mass is 10.2. The average molecular weight is 482 g/mol. The molecule has 1 N–H and O–H groups in total. The smallest absolute Gasteiger partial charge is 0.255 e. The molecule has 0 unspecified atom stereocenters. The van der Waals surface area contributed by atoms with E-state index in [0.29, 0.717) is 23.6 Å². The maximum atomic E-state index is 12.5. The monoisotopic (exact) mass is 480 g/mol. The predicted octanol–water partition coefficient (Wildman–Crippen LogP) is 5.81. The van der Waals surface area contributed by atoms with E-state index in [4.69, 9.17) is 4.74 Å². The highest BCUT2D eigenvalue weighted by Gasteiger charge is 2.10. The van der Waals surface area contributed by atoms with Crippen LogP contribution in [-0.4, -0.2) is 10.9 Å². The molecule has 0 bridgehead atoms. The molecule has 0 aliphatic heterocycles. The largest absolute Gasteiger partial charge is 0.487 e. The number of carbonyl (C=O) groups excluding carboxylic acids is 1. The molecule has 0 aliphatic carbocycles. The second-order valence-corrected chi connectivity index (χ2v) is 8.08. The van der Waals surface area contributed by atoms with Gasteiger partial charge in [0.05, 0.1) is 16.4 Å². The number of thiazole rings is 1. The third kappa shape index (κ3) is 4.90. The van der Waals surface area contributed by atoms with E-state index in [-0.39, 0.29) is 5.91 Å². The number of hydrogen-bond donors (Lipinski definition) is 1. The molecule has 0 saturated carbocycles. The molecule has 4 nitrogen and oxygen atoms in total. The first kappa shape index (κ1) is 18.1. The van der Waals surface area contributed by atoms with Gasteiger partial charge in [-0.3, -0.25) is 4.79 Å². The number of carbonyl (C=O) groups is 1. The number of rotatable bonds is 5. The fourth-order valence-corrected chi connectivity index (χ4v) is 3.45. The summed E-state index contributed by atoms with van der Waals surface area (Å²) in [4.78, 5) is 16.9. The summed E-state index contributed by atoms with van der Waals surface area (Å²) in [6.07, 6.45) is 0. The Morgan fingerprint density at radius 1 is 1.24 bits per heavy atom. The van der Waals surface area contributed by atoms with E-state index in [0.717, 1.165) is 19.6 Å². The molecule has 3 rings (SSSR count). The summed E-state index contributed by atoms with van der Waals surface area (Å²) in [6, 6.07) is 12.7. The van der Waals surface area contributed by atoms with Crippen LogP contribution in [0.4, 0.5) is 5.69 Å². The Hall–Kier alpha value is -1.70. The predicted molar refractivity (Wildman–Crippen MR) is 107 cm³/mol. The zero-order chi connectivity index (χ0) is 17.8. The second kappa shape index (κ2) is 8.12. The zero-order valence-electron chi connectivity index (χ0n) is 13.3. The van der Waals surface area contributed by atoms with Crippen LogP contribution in [0.2, 0.25) is 0 Å². The van der Waals surface area contributed by atoms with Crippen molar-refractivity contribution in [2.45, 2.75) is 13.5 Å². The molecule has 0 fully saturated rings. The lowest BCUT2D eigenvalue weighted by molar-refractivity contribution is 0.102. The van der Waals surface area contributed by atoms with Crippen LogP contribution in [0.5, 0.6) is 5.75 Å². The van der Waals surface area contributed by atoms with Crippen LogP contribution >= 0.6 is 43.2 Å². The van der Waals surface area contributed by atoms with Crippen molar-refractivity contribution in [3.05, 3.63) is 73.1 Å². The molecule has 0 saturated heterocycles. The molecular formula is C18H14Br2N2O2S. The van der Waals surface area contributed by atoms with Crippen LogP contribution in [0, 0.1) is 6.92 Å². The molecule has 1 amide bonds. The topological polar surface area (TPSA) is 51.2 Å². The third-order valence-electron chi connectivity index (χ3n) is 3.33. The van der Waals surface area contributed by atoms with Crippen LogP contribution < -0.4 is 10.1 Å². The number of nitrogens with one attached hydrogen (secondary N) is 1. The Morgan fingerprint density at radius 3 is 2.84 bits per heavy atom. The van der Waals surface area contributed by atoms with Crippen LogP contribution in [0.25, 0.3) is 0 Å². The highest BCUT2D eigenvalue weighted by Crippen LogP contribution is 2.27. The molecule has 0 aliphatic rings. The summed E-state index contributed by atoms with van der Waals surface area (Å²) in [5.41, 5.74) is 2.11. The Morgan fingerprint density at radius 2 is 2.08 bits per heavy atom. The Balaban J connectivity index is 1.69. The van der Waals surface area contributed by atoms with E-state index >= 15 is 0 Å². The van der Waals surface area contributed by atoms with E-state index in [1.807, 2.05) is 36.6 Å². The van der Waals surface area contributed by atoms with Gasteiger partial charge >= 0.3 is 0 Å². The maximum Gasteiger partial charge on any atom is 0.255 e. The van der Waals surface area contributed by atoms with Crippen molar-refractivity contribution in [2.75, 3.05) is 5.32 Å². The van der Waals surface area contributed by atoms with Gasteiger partial charge in [0, 0.05) is 19.9 Å². The lowest BCUT2D eigenvalue weighted by Gasteiger charge is -2.10. The number of benzene rings is 2. The lowest BCUT2D eigenvalue weighted by Crippen LogP contribution is -2.12. The standard InChI is InChI=1S/C18H14Br2N2O2S/c1-11-21-14(10-25-11)9-24-15-4-2-3-12(7-15)18(23)22-17-8-13(19)5-6-16(17)20/h2-8,10H,9H2,1H3,(H,22,23). The number of halogens is 2. The van der Waals surface area contributed by atoms with Crippen molar-refractivity contribution in [3.63, 3.8) is 0 Å². The minimum Gasteiger partial charge on any atom is -0.487 e. The Kier molecular flexibility index (Phi) is 5.88. The molecule has 2 aromatic carbocycles. The average Bonchev–Trinajstić information content (AvgIpc) is 3.02. The SMILES string of the molecule is Cc1nc(COc2cccc(C(=O)Nc3cc(Br)ccc3Br)c2)cs1. The summed E-state index contributed by atoms with van der Waals surface area (Å²) >= 11 is 8.42. The first-order chi connectivity index (χ1) is 12.0. The fraction of sp³-hybridized carbons (Fsp3) is 0.111. The van der Waals surface area contributed by atoms with Crippen molar-refractivity contribution in [1.82, 2.24) is 4.98 Å². The molecule has 128 valence electrons. The normalized spacial score (nSPS) is 10.5. The molecular weight excluding hydrogens is 468 g/mol. The molecule has 1 aromatic heterocycles. The Bertz CT molecular complexity index is 912. The number of amides is 1. The van der Waals surface area contributed by atoms with E-state index in [1.165, 1.54) is 0 Å². The molecule has 1 heterocycles. The van der Waals surface area contributed by atoms with Gasteiger partial charge in [0.15, 0.2) is 0 Å². The van der Waals surface area contributed by atoms with Gasteiger partial charge in [0.1, 0.15) is 12.4 Å². The van der Waals surface area contributed by atoms with E-state index in [1.54, 1.807) is 29.5 Å². The van der Waals surface area contributed by atoms with Gasteiger partial charge in [-0.2, -0.15) is 0 Å².